The molecule has 1 aliphatic carbocycles. The predicted octanol–water partition coefficient (Wildman–Crippen LogP) is 5.09. The van der Waals surface area contributed by atoms with Crippen LogP contribution in [0.3, 0.4) is 0 Å². The number of nitrogens with one attached hydrogen (secondary N) is 2. The van der Waals surface area contributed by atoms with E-state index in [-0.39, 0.29) is 29.2 Å². The van der Waals surface area contributed by atoms with Gasteiger partial charge in [-0.1, -0.05) is 57.0 Å². The predicted molar refractivity (Wildman–Crippen MR) is 135 cm³/mol. The van der Waals surface area contributed by atoms with E-state index in [0.29, 0.717) is 13.0 Å². The van der Waals surface area contributed by atoms with Crippen molar-refractivity contribution < 1.29 is 13.2 Å². The van der Waals surface area contributed by atoms with E-state index in [9.17, 15) is 8.42 Å². The van der Waals surface area contributed by atoms with Gasteiger partial charge in [-0.3, -0.25) is 0 Å². The van der Waals surface area contributed by atoms with Gasteiger partial charge >= 0.3 is 0 Å². The third-order valence-electron chi connectivity index (χ3n) is 7.19. The first-order valence-electron chi connectivity index (χ1n) is 11.9. The van der Waals surface area contributed by atoms with Crippen molar-refractivity contribution in [3.8, 4) is 5.75 Å². The highest BCUT2D eigenvalue weighted by molar-refractivity contribution is 7.89. The van der Waals surface area contributed by atoms with Crippen LogP contribution in [0.25, 0.3) is 0 Å². The summed E-state index contributed by atoms with van der Waals surface area (Å²) in [7, 11) is -3.22. The summed E-state index contributed by atoms with van der Waals surface area (Å²) in [6.07, 6.45) is 4.08. The van der Waals surface area contributed by atoms with Crippen LogP contribution in [0.1, 0.15) is 69.2 Å². The molecule has 1 saturated carbocycles. The number of halogens is 1. The molecule has 4 rings (SSSR count). The fourth-order valence-corrected chi connectivity index (χ4v) is 6.53. The molecule has 1 heterocycles. The van der Waals surface area contributed by atoms with Gasteiger partial charge in [-0.2, -0.15) is 0 Å². The van der Waals surface area contributed by atoms with E-state index in [1.807, 2.05) is 25.1 Å². The van der Waals surface area contributed by atoms with E-state index in [1.165, 1.54) is 23.1 Å². The average molecular weight is 491 g/mol. The second-order valence-electron chi connectivity index (χ2n) is 10.0. The zero-order valence-corrected chi connectivity index (χ0v) is 21.4. The summed E-state index contributed by atoms with van der Waals surface area (Å²) in [5, 5.41) is 4.63. The van der Waals surface area contributed by atoms with E-state index in [0.717, 1.165) is 30.2 Å². The van der Waals surface area contributed by atoms with Gasteiger partial charge in [-0.25, -0.2) is 13.1 Å². The quantitative estimate of drug-likeness (QED) is 0.480. The topological polar surface area (TPSA) is 67.4 Å². The molecule has 1 fully saturated rings. The van der Waals surface area contributed by atoms with Crippen LogP contribution in [0, 0.1) is 0 Å². The zero-order chi connectivity index (χ0) is 23.7. The van der Waals surface area contributed by atoms with Crippen LogP contribution in [0.4, 0.5) is 0 Å². The highest BCUT2D eigenvalue weighted by Crippen LogP contribution is 2.55. The Morgan fingerprint density at radius 1 is 1.15 bits per heavy atom. The summed E-state index contributed by atoms with van der Waals surface area (Å²) in [4.78, 5) is 0. The Kier molecular flexibility index (Phi) is 7.11. The second-order valence-corrected chi connectivity index (χ2v) is 12.4. The van der Waals surface area contributed by atoms with Crippen molar-refractivity contribution in [2.45, 2.75) is 63.3 Å². The molecular weight excluding hydrogens is 456 g/mol. The van der Waals surface area contributed by atoms with E-state index >= 15 is 0 Å². The number of hydrogen-bond acceptors (Lipinski definition) is 4. The average Bonchev–Trinajstić information content (AvgIpc) is 2.73. The molecule has 5 nitrogen and oxygen atoms in total. The van der Waals surface area contributed by atoms with Crippen molar-refractivity contribution in [2.24, 2.45) is 0 Å². The van der Waals surface area contributed by atoms with Crippen molar-refractivity contribution in [1.82, 2.24) is 10.0 Å². The summed E-state index contributed by atoms with van der Waals surface area (Å²) < 4.78 is 32.3. The maximum atomic E-state index is 11.9. The van der Waals surface area contributed by atoms with Crippen LogP contribution >= 0.6 is 11.6 Å². The number of hydrogen-bond donors (Lipinski definition) is 2. The molecule has 33 heavy (non-hydrogen) atoms. The minimum absolute atomic E-state index is 0.0189. The molecule has 7 heteroatoms. The van der Waals surface area contributed by atoms with Gasteiger partial charge in [0.25, 0.3) is 0 Å². The van der Waals surface area contributed by atoms with Crippen molar-refractivity contribution in [1.29, 1.82) is 0 Å². The molecule has 2 aliphatic rings. The van der Waals surface area contributed by atoms with Crippen LogP contribution in [0.2, 0.25) is 5.02 Å². The highest BCUT2D eigenvalue weighted by Gasteiger charge is 2.49. The molecule has 2 N–H and O–H groups in total. The van der Waals surface area contributed by atoms with Gasteiger partial charge in [-0.15, -0.1) is 0 Å². The molecule has 0 amide bonds. The largest absolute Gasteiger partial charge is 0.492 e. The number of fused-ring (bicyclic) bond motifs is 1. The van der Waals surface area contributed by atoms with Gasteiger partial charge in [0.1, 0.15) is 12.4 Å². The lowest BCUT2D eigenvalue weighted by Gasteiger charge is -2.53. The standard InChI is InChI=1S/C26H35ClN2O3S/c1-4-16-33(30,31)29-14-15-32-21-10-11-23-22(17-21)24(28-18-25(23,2)3)26(12-5-13-26)19-6-8-20(27)9-7-19/h6-11,17,24,28-29H,4-5,12-16,18H2,1-3H3. The van der Waals surface area contributed by atoms with Crippen molar-refractivity contribution in [2.75, 3.05) is 25.4 Å². The summed E-state index contributed by atoms with van der Waals surface area (Å²) in [5.74, 6) is 0.916. The Morgan fingerprint density at radius 3 is 2.52 bits per heavy atom. The van der Waals surface area contributed by atoms with E-state index in [2.05, 4.69) is 48.2 Å². The van der Waals surface area contributed by atoms with Crippen LogP contribution in [-0.2, 0) is 20.9 Å². The molecular formula is C26H35ClN2O3S. The molecule has 1 aliphatic heterocycles. The monoisotopic (exact) mass is 490 g/mol. The van der Waals surface area contributed by atoms with Crippen LogP contribution in [0.15, 0.2) is 42.5 Å². The number of sulfonamides is 1. The van der Waals surface area contributed by atoms with Gasteiger partial charge in [0.05, 0.1) is 5.75 Å². The number of ether oxygens (including phenoxy) is 1. The van der Waals surface area contributed by atoms with Crippen molar-refractivity contribution >= 4 is 21.6 Å². The Labute approximate surface area is 203 Å². The molecule has 0 saturated heterocycles. The van der Waals surface area contributed by atoms with Gasteiger partial charge < -0.3 is 10.1 Å². The Balaban J connectivity index is 1.58. The maximum absolute atomic E-state index is 11.9. The lowest BCUT2D eigenvalue weighted by Crippen LogP contribution is -2.53. The molecule has 1 atom stereocenters. The second kappa shape index (κ2) is 9.57. The normalized spacial score (nSPS) is 21.2. The first-order valence-corrected chi connectivity index (χ1v) is 13.9. The number of rotatable bonds is 9. The molecule has 0 aromatic heterocycles. The van der Waals surface area contributed by atoms with Gasteiger partial charge in [-0.05, 0) is 60.2 Å². The van der Waals surface area contributed by atoms with Crippen LogP contribution in [-0.4, -0.2) is 33.9 Å². The zero-order valence-electron chi connectivity index (χ0n) is 19.8. The van der Waals surface area contributed by atoms with E-state index < -0.39 is 10.0 Å². The van der Waals surface area contributed by atoms with Crippen LogP contribution < -0.4 is 14.8 Å². The highest BCUT2D eigenvalue weighted by atomic mass is 35.5. The third-order valence-corrected chi connectivity index (χ3v) is 9.04. The van der Waals surface area contributed by atoms with Gasteiger partial charge in [0.2, 0.25) is 10.0 Å². The molecule has 0 radical (unpaired) electrons. The fourth-order valence-electron chi connectivity index (χ4n) is 5.33. The summed E-state index contributed by atoms with van der Waals surface area (Å²) in [6.45, 7) is 7.88. The summed E-state index contributed by atoms with van der Waals surface area (Å²) in [5.41, 5.74) is 4.03. The van der Waals surface area contributed by atoms with E-state index in [1.54, 1.807) is 0 Å². The lowest BCUT2D eigenvalue weighted by molar-refractivity contribution is 0.153. The SMILES string of the molecule is CCCS(=O)(=O)NCCOc1ccc2c(c1)C(C1(c3ccc(Cl)cc3)CCC1)NCC2(C)C. The first-order chi connectivity index (χ1) is 15.7. The molecule has 0 spiro atoms. The fraction of sp³-hybridized carbons (Fsp3) is 0.538. The lowest BCUT2D eigenvalue weighted by atomic mass is 9.56. The molecule has 1 unspecified atom stereocenters. The number of benzene rings is 2. The molecule has 2 aromatic rings. The first kappa shape index (κ1) is 24.5. The van der Waals surface area contributed by atoms with Crippen molar-refractivity contribution in [3.63, 3.8) is 0 Å². The Hall–Kier alpha value is -1.60. The summed E-state index contributed by atoms with van der Waals surface area (Å²) >= 11 is 6.18. The minimum atomic E-state index is -3.22. The molecule has 180 valence electrons. The van der Waals surface area contributed by atoms with Crippen LogP contribution in [0.5, 0.6) is 5.75 Å². The van der Waals surface area contributed by atoms with E-state index in [4.69, 9.17) is 16.3 Å². The molecule has 2 aromatic carbocycles. The van der Waals surface area contributed by atoms with Gasteiger partial charge in [0.15, 0.2) is 0 Å². The Bertz CT molecular complexity index is 1080. The minimum Gasteiger partial charge on any atom is -0.492 e. The molecule has 0 bridgehead atoms. The third kappa shape index (κ3) is 5.09. The smallest absolute Gasteiger partial charge is 0.211 e. The van der Waals surface area contributed by atoms with Gasteiger partial charge in [0, 0.05) is 35.0 Å². The van der Waals surface area contributed by atoms with Crippen molar-refractivity contribution in [3.05, 3.63) is 64.2 Å². The summed E-state index contributed by atoms with van der Waals surface area (Å²) in [6, 6.07) is 14.9. The Morgan fingerprint density at radius 2 is 1.88 bits per heavy atom. The maximum Gasteiger partial charge on any atom is 0.211 e.